The molecule has 0 bridgehead atoms. The molecule has 0 aliphatic rings. The van der Waals surface area contributed by atoms with Gasteiger partial charge in [0.25, 0.3) is 0 Å². The van der Waals surface area contributed by atoms with Crippen molar-refractivity contribution >= 4 is 0 Å². The van der Waals surface area contributed by atoms with Gasteiger partial charge in [0.2, 0.25) is 0 Å². The lowest BCUT2D eigenvalue weighted by molar-refractivity contribution is 0.00906. The predicted molar refractivity (Wildman–Crippen MR) is 63.6 cm³/mol. The fourth-order valence-corrected chi connectivity index (χ4v) is 1.40. The Labute approximate surface area is 94.0 Å². The van der Waals surface area contributed by atoms with Crippen LogP contribution in [0, 0.1) is 11.8 Å². The summed E-state index contributed by atoms with van der Waals surface area (Å²) < 4.78 is 5.61. The molecule has 0 aliphatic heterocycles. The van der Waals surface area contributed by atoms with Gasteiger partial charge < -0.3 is 9.84 Å². The maximum absolute atomic E-state index is 9.17. The molecule has 2 heteroatoms. The van der Waals surface area contributed by atoms with Crippen LogP contribution in [0.25, 0.3) is 0 Å². The van der Waals surface area contributed by atoms with E-state index in [1.807, 2.05) is 13.8 Å². The highest BCUT2D eigenvalue weighted by Crippen LogP contribution is 2.05. The van der Waals surface area contributed by atoms with Gasteiger partial charge in [-0.2, -0.15) is 0 Å². The molecule has 15 heavy (non-hydrogen) atoms. The second-order valence-electron chi connectivity index (χ2n) is 4.10. The number of rotatable bonds is 6. The van der Waals surface area contributed by atoms with Gasteiger partial charge in [-0.1, -0.05) is 19.3 Å². The molecular weight excluding hydrogens is 188 g/mol. The van der Waals surface area contributed by atoms with Crippen LogP contribution in [0.15, 0.2) is 0 Å². The number of ether oxygens (including phenoxy) is 1. The second-order valence-corrected chi connectivity index (χ2v) is 4.10. The highest BCUT2D eigenvalue weighted by Gasteiger charge is 2.08. The number of unbranched alkanes of at least 4 members (excludes halogenated alkanes) is 2. The first kappa shape index (κ1) is 14.5. The zero-order chi connectivity index (χ0) is 11.7. The minimum Gasteiger partial charge on any atom is -0.393 e. The Morgan fingerprint density at radius 1 is 1.27 bits per heavy atom. The summed E-state index contributed by atoms with van der Waals surface area (Å²) in [6, 6.07) is 0. The quantitative estimate of drug-likeness (QED) is 0.542. The van der Waals surface area contributed by atoms with Crippen molar-refractivity contribution in [1.29, 1.82) is 0 Å². The highest BCUT2D eigenvalue weighted by molar-refractivity contribution is 5.03. The minimum atomic E-state index is -0.305. The first-order valence-corrected chi connectivity index (χ1v) is 5.88. The van der Waals surface area contributed by atoms with E-state index in [4.69, 9.17) is 9.84 Å². The molecule has 0 fully saturated rings. The molecule has 0 amide bonds. The van der Waals surface area contributed by atoms with Crippen LogP contribution in [-0.2, 0) is 4.74 Å². The van der Waals surface area contributed by atoms with Crippen molar-refractivity contribution in [1.82, 2.24) is 0 Å². The van der Waals surface area contributed by atoms with Crippen LogP contribution in [0.5, 0.6) is 0 Å². The Morgan fingerprint density at radius 3 is 2.47 bits per heavy atom. The largest absolute Gasteiger partial charge is 0.393 e. The monoisotopic (exact) mass is 212 g/mol. The van der Waals surface area contributed by atoms with E-state index in [2.05, 4.69) is 18.8 Å². The van der Waals surface area contributed by atoms with Crippen molar-refractivity contribution in [3.63, 3.8) is 0 Å². The highest BCUT2D eigenvalue weighted by atomic mass is 16.5. The van der Waals surface area contributed by atoms with E-state index >= 15 is 0 Å². The van der Waals surface area contributed by atoms with Crippen molar-refractivity contribution in [2.24, 2.45) is 0 Å². The van der Waals surface area contributed by atoms with Crippen LogP contribution >= 0.6 is 0 Å². The Balaban J connectivity index is 3.70. The summed E-state index contributed by atoms with van der Waals surface area (Å²) in [5.41, 5.74) is 0. The molecule has 2 nitrogen and oxygen atoms in total. The topological polar surface area (TPSA) is 29.5 Å². The van der Waals surface area contributed by atoms with E-state index in [0.717, 1.165) is 12.8 Å². The summed E-state index contributed by atoms with van der Waals surface area (Å²) in [5, 5.41) is 9.17. The summed E-state index contributed by atoms with van der Waals surface area (Å²) in [6.07, 6.45) is 3.69. The molecule has 0 aromatic carbocycles. The molecule has 1 N–H and O–H groups in total. The Kier molecular flexibility index (Phi) is 8.46. The SMILES string of the molecule is CCCCC#C[C@@H](C)O[C@H](C)C[C@@H](C)O. The van der Waals surface area contributed by atoms with Gasteiger partial charge in [0.05, 0.1) is 12.2 Å². The Bertz CT molecular complexity index is 200. The van der Waals surface area contributed by atoms with Crippen LogP contribution < -0.4 is 0 Å². The molecule has 0 saturated heterocycles. The average Bonchev–Trinajstić information content (AvgIpc) is 2.10. The van der Waals surface area contributed by atoms with Crippen LogP contribution in [-0.4, -0.2) is 23.4 Å². The van der Waals surface area contributed by atoms with Gasteiger partial charge in [0.1, 0.15) is 6.10 Å². The molecule has 0 heterocycles. The number of aliphatic hydroxyl groups is 1. The number of hydrogen-bond acceptors (Lipinski definition) is 2. The van der Waals surface area contributed by atoms with Gasteiger partial charge in [0.15, 0.2) is 0 Å². The van der Waals surface area contributed by atoms with Crippen molar-refractivity contribution in [3.05, 3.63) is 0 Å². The van der Waals surface area contributed by atoms with Gasteiger partial charge in [-0.15, -0.1) is 5.92 Å². The smallest absolute Gasteiger partial charge is 0.115 e. The first-order valence-electron chi connectivity index (χ1n) is 5.88. The molecule has 0 spiro atoms. The maximum atomic E-state index is 9.17. The summed E-state index contributed by atoms with van der Waals surface area (Å²) >= 11 is 0. The molecule has 0 aliphatic carbocycles. The molecule has 0 aromatic heterocycles. The van der Waals surface area contributed by atoms with Crippen molar-refractivity contribution in [2.45, 2.75) is 71.7 Å². The van der Waals surface area contributed by atoms with Crippen LogP contribution in [0.3, 0.4) is 0 Å². The van der Waals surface area contributed by atoms with Crippen molar-refractivity contribution in [3.8, 4) is 11.8 Å². The molecule has 0 aromatic rings. The van der Waals surface area contributed by atoms with E-state index in [1.165, 1.54) is 6.42 Å². The summed E-state index contributed by atoms with van der Waals surface area (Å²) in [7, 11) is 0. The Hall–Kier alpha value is -0.520. The third kappa shape index (κ3) is 9.78. The minimum absolute atomic E-state index is 0.0318. The lowest BCUT2D eigenvalue weighted by Crippen LogP contribution is -2.20. The van der Waals surface area contributed by atoms with E-state index in [-0.39, 0.29) is 18.3 Å². The van der Waals surface area contributed by atoms with E-state index < -0.39 is 0 Å². The fourth-order valence-electron chi connectivity index (χ4n) is 1.40. The first-order chi connectivity index (χ1) is 7.06. The molecule has 0 unspecified atom stereocenters. The normalized spacial score (nSPS) is 16.3. The summed E-state index contributed by atoms with van der Waals surface area (Å²) in [5.74, 6) is 6.17. The molecule has 0 radical (unpaired) electrons. The maximum Gasteiger partial charge on any atom is 0.115 e. The lowest BCUT2D eigenvalue weighted by Gasteiger charge is -2.16. The molecule has 0 rings (SSSR count). The number of hydrogen-bond donors (Lipinski definition) is 1. The van der Waals surface area contributed by atoms with E-state index in [0.29, 0.717) is 6.42 Å². The van der Waals surface area contributed by atoms with Gasteiger partial charge >= 0.3 is 0 Å². The Morgan fingerprint density at radius 2 is 1.93 bits per heavy atom. The standard InChI is InChI=1S/C13H24O2/c1-5-6-7-8-9-12(3)15-13(4)10-11(2)14/h11-14H,5-7,10H2,1-4H3/t11-,12-,13-/m1/s1. The van der Waals surface area contributed by atoms with Crippen molar-refractivity contribution in [2.75, 3.05) is 0 Å². The van der Waals surface area contributed by atoms with Gasteiger partial charge in [-0.25, -0.2) is 0 Å². The molecule has 3 atom stereocenters. The average molecular weight is 212 g/mol. The van der Waals surface area contributed by atoms with Crippen LogP contribution in [0.1, 0.15) is 53.4 Å². The predicted octanol–water partition coefficient (Wildman–Crippen LogP) is 2.74. The van der Waals surface area contributed by atoms with E-state index in [1.54, 1.807) is 6.92 Å². The third-order valence-corrected chi connectivity index (χ3v) is 2.07. The second kappa shape index (κ2) is 8.76. The van der Waals surface area contributed by atoms with Gasteiger partial charge in [0, 0.05) is 6.42 Å². The summed E-state index contributed by atoms with van der Waals surface area (Å²) in [4.78, 5) is 0. The molecule has 0 saturated carbocycles. The zero-order valence-corrected chi connectivity index (χ0v) is 10.4. The molecular formula is C13H24O2. The van der Waals surface area contributed by atoms with Crippen LogP contribution in [0.2, 0.25) is 0 Å². The molecule has 88 valence electrons. The zero-order valence-electron chi connectivity index (χ0n) is 10.4. The van der Waals surface area contributed by atoms with E-state index in [9.17, 15) is 0 Å². The lowest BCUT2D eigenvalue weighted by atomic mass is 10.2. The number of aliphatic hydroxyl groups excluding tert-OH is 1. The summed E-state index contributed by atoms with van der Waals surface area (Å²) in [6.45, 7) is 7.86. The van der Waals surface area contributed by atoms with Gasteiger partial charge in [-0.05, 0) is 33.6 Å². The third-order valence-electron chi connectivity index (χ3n) is 2.07. The van der Waals surface area contributed by atoms with Gasteiger partial charge in [-0.3, -0.25) is 0 Å². The van der Waals surface area contributed by atoms with Crippen LogP contribution in [0.4, 0.5) is 0 Å². The fraction of sp³-hybridized carbons (Fsp3) is 0.846. The van der Waals surface area contributed by atoms with Crippen molar-refractivity contribution < 1.29 is 9.84 Å².